The predicted molar refractivity (Wildman–Crippen MR) is 98.4 cm³/mol. The third-order valence-corrected chi connectivity index (χ3v) is 4.25. The number of benzene rings is 1. The van der Waals surface area contributed by atoms with Gasteiger partial charge in [-0.05, 0) is 19.1 Å². The summed E-state index contributed by atoms with van der Waals surface area (Å²) in [5, 5.41) is 28.0. The number of rotatable bonds is 8. The smallest absolute Gasteiger partial charge is 0.319 e. The first-order valence-corrected chi connectivity index (χ1v) is 8.79. The Labute approximate surface area is 158 Å². The number of amides is 3. The highest BCUT2D eigenvalue weighted by atomic mass is 16.5. The molecule has 1 fully saturated rings. The number of methoxy groups -OCH3 is 1. The molecule has 9 nitrogen and oxygen atoms in total. The van der Waals surface area contributed by atoms with Gasteiger partial charge in [-0.1, -0.05) is 17.7 Å². The molecule has 0 aliphatic carbocycles. The predicted octanol–water partition coefficient (Wildman–Crippen LogP) is -0.242. The highest BCUT2D eigenvalue weighted by Gasteiger charge is 2.43. The fourth-order valence-corrected chi connectivity index (χ4v) is 2.72. The highest BCUT2D eigenvalue weighted by Crippen LogP contribution is 2.23. The Morgan fingerprint density at radius 2 is 1.78 bits per heavy atom. The van der Waals surface area contributed by atoms with Crippen LogP contribution < -0.4 is 16.0 Å². The fraction of sp³-hybridized carbons (Fsp3) is 0.556. The van der Waals surface area contributed by atoms with Gasteiger partial charge in [0.15, 0.2) is 0 Å². The summed E-state index contributed by atoms with van der Waals surface area (Å²) >= 11 is 0. The van der Waals surface area contributed by atoms with Crippen LogP contribution in [-0.4, -0.2) is 73.4 Å². The first-order valence-electron chi connectivity index (χ1n) is 8.79. The van der Waals surface area contributed by atoms with Gasteiger partial charge in [-0.3, -0.25) is 4.79 Å². The largest absolute Gasteiger partial charge is 0.388 e. The number of hydrogen-bond acceptors (Lipinski definition) is 6. The summed E-state index contributed by atoms with van der Waals surface area (Å²) in [4.78, 5) is 23.8. The molecule has 0 radical (unpaired) electrons. The summed E-state index contributed by atoms with van der Waals surface area (Å²) in [5.41, 5.74) is 1.71. The van der Waals surface area contributed by atoms with Crippen molar-refractivity contribution in [3.05, 3.63) is 29.8 Å². The van der Waals surface area contributed by atoms with Gasteiger partial charge in [0.25, 0.3) is 0 Å². The minimum Gasteiger partial charge on any atom is -0.388 e. The molecule has 0 saturated carbocycles. The van der Waals surface area contributed by atoms with E-state index in [1.807, 2.05) is 19.1 Å². The monoisotopic (exact) mass is 381 g/mol. The molecule has 9 heteroatoms. The second-order valence-corrected chi connectivity index (χ2v) is 6.44. The van der Waals surface area contributed by atoms with E-state index in [0.29, 0.717) is 18.8 Å². The molecule has 1 aromatic rings. The second kappa shape index (κ2) is 10.2. The normalized spacial score (nSPS) is 24.4. The maximum Gasteiger partial charge on any atom is 0.319 e. The SMILES string of the molecule is COCCNC(=O)CC1OC(CNC(=O)Nc2ccc(C)cc2)C(O)C1O. The number of hydrogen-bond donors (Lipinski definition) is 5. The number of carbonyl (C=O) groups is 2. The molecule has 4 atom stereocenters. The third-order valence-electron chi connectivity index (χ3n) is 4.25. The lowest BCUT2D eigenvalue weighted by molar-refractivity contribution is -0.125. The molecule has 2 rings (SSSR count). The average Bonchev–Trinajstić information content (AvgIpc) is 2.90. The molecule has 0 spiro atoms. The summed E-state index contributed by atoms with van der Waals surface area (Å²) in [6, 6.07) is 6.84. The summed E-state index contributed by atoms with van der Waals surface area (Å²) in [6.07, 6.45) is -4.13. The summed E-state index contributed by atoms with van der Waals surface area (Å²) < 4.78 is 10.4. The van der Waals surface area contributed by atoms with Crippen molar-refractivity contribution < 1.29 is 29.3 Å². The second-order valence-electron chi connectivity index (χ2n) is 6.44. The highest BCUT2D eigenvalue weighted by molar-refractivity contribution is 5.89. The molecule has 1 heterocycles. The molecule has 4 unspecified atom stereocenters. The van der Waals surface area contributed by atoms with E-state index in [2.05, 4.69) is 16.0 Å². The van der Waals surface area contributed by atoms with Crippen LogP contribution in [0.15, 0.2) is 24.3 Å². The van der Waals surface area contributed by atoms with Crippen molar-refractivity contribution in [3.63, 3.8) is 0 Å². The number of nitrogens with one attached hydrogen (secondary N) is 3. The molecule has 0 aromatic heterocycles. The Kier molecular flexibility index (Phi) is 7.99. The lowest BCUT2D eigenvalue weighted by Gasteiger charge is -2.16. The number of aliphatic hydroxyl groups excluding tert-OH is 2. The Hall–Kier alpha value is -2.20. The van der Waals surface area contributed by atoms with E-state index in [4.69, 9.17) is 9.47 Å². The van der Waals surface area contributed by atoms with E-state index >= 15 is 0 Å². The van der Waals surface area contributed by atoms with Crippen LogP contribution in [0, 0.1) is 6.92 Å². The quantitative estimate of drug-likeness (QED) is 0.395. The van der Waals surface area contributed by atoms with Gasteiger partial charge in [-0.15, -0.1) is 0 Å². The summed E-state index contributed by atoms with van der Waals surface area (Å²) in [7, 11) is 1.53. The van der Waals surface area contributed by atoms with Crippen molar-refractivity contribution in [1.29, 1.82) is 0 Å². The maximum atomic E-state index is 12.0. The Morgan fingerprint density at radius 1 is 1.11 bits per heavy atom. The Morgan fingerprint density at radius 3 is 2.44 bits per heavy atom. The van der Waals surface area contributed by atoms with Gasteiger partial charge in [0.2, 0.25) is 5.91 Å². The third kappa shape index (κ3) is 6.47. The van der Waals surface area contributed by atoms with Crippen LogP contribution in [0.4, 0.5) is 10.5 Å². The molecule has 0 bridgehead atoms. The van der Waals surface area contributed by atoms with E-state index < -0.39 is 30.4 Å². The van der Waals surface area contributed by atoms with Crippen molar-refractivity contribution in [2.75, 3.05) is 32.1 Å². The van der Waals surface area contributed by atoms with Gasteiger partial charge in [0.05, 0.1) is 19.1 Å². The first-order chi connectivity index (χ1) is 12.9. The molecule has 1 aliphatic rings. The van der Waals surface area contributed by atoms with Crippen LogP contribution in [0.2, 0.25) is 0 Å². The topological polar surface area (TPSA) is 129 Å². The lowest BCUT2D eigenvalue weighted by atomic mass is 10.1. The standard InChI is InChI=1S/C18H27N3O6/c1-11-3-5-12(6-4-11)21-18(25)20-10-14-17(24)16(23)13(27-14)9-15(22)19-7-8-26-2/h3-6,13-14,16-17,23-24H,7-10H2,1-2H3,(H,19,22)(H2,20,21,25). The van der Waals surface area contributed by atoms with Crippen LogP contribution in [0.5, 0.6) is 0 Å². The van der Waals surface area contributed by atoms with Crippen LogP contribution in [0.25, 0.3) is 0 Å². The van der Waals surface area contributed by atoms with Crippen LogP contribution in [0.1, 0.15) is 12.0 Å². The van der Waals surface area contributed by atoms with Crippen molar-refractivity contribution in [2.24, 2.45) is 0 Å². The molecular formula is C18H27N3O6. The minimum absolute atomic E-state index is 0.00227. The number of urea groups is 1. The number of aryl methyl sites for hydroxylation is 1. The number of carbonyl (C=O) groups excluding carboxylic acids is 2. The molecule has 1 aliphatic heterocycles. The molecule has 5 N–H and O–H groups in total. The van der Waals surface area contributed by atoms with Gasteiger partial charge in [0.1, 0.15) is 18.3 Å². The van der Waals surface area contributed by atoms with E-state index in [1.165, 1.54) is 7.11 Å². The maximum absolute atomic E-state index is 12.0. The van der Waals surface area contributed by atoms with Crippen molar-refractivity contribution in [2.45, 2.75) is 37.8 Å². The number of aliphatic hydroxyl groups is 2. The summed E-state index contributed by atoms with van der Waals surface area (Å²) in [6.45, 7) is 2.68. The first kappa shape index (κ1) is 21.1. The van der Waals surface area contributed by atoms with Gasteiger partial charge in [-0.2, -0.15) is 0 Å². The molecule has 150 valence electrons. The van der Waals surface area contributed by atoms with Crippen molar-refractivity contribution in [1.82, 2.24) is 10.6 Å². The van der Waals surface area contributed by atoms with Crippen LogP contribution in [0.3, 0.4) is 0 Å². The summed E-state index contributed by atoms with van der Waals surface area (Å²) in [5.74, 6) is -0.311. The Bertz CT molecular complexity index is 624. The zero-order valence-electron chi connectivity index (χ0n) is 15.5. The van der Waals surface area contributed by atoms with E-state index in [0.717, 1.165) is 5.56 Å². The Balaban J connectivity index is 1.76. The van der Waals surface area contributed by atoms with Gasteiger partial charge in [0, 0.05) is 25.9 Å². The average molecular weight is 381 g/mol. The number of anilines is 1. The molecule has 1 aromatic carbocycles. The van der Waals surface area contributed by atoms with E-state index in [9.17, 15) is 19.8 Å². The minimum atomic E-state index is -1.20. The van der Waals surface area contributed by atoms with E-state index in [-0.39, 0.29) is 18.9 Å². The zero-order valence-corrected chi connectivity index (χ0v) is 15.5. The number of ether oxygens (including phenoxy) is 2. The van der Waals surface area contributed by atoms with E-state index in [1.54, 1.807) is 12.1 Å². The zero-order chi connectivity index (χ0) is 19.8. The van der Waals surface area contributed by atoms with Crippen molar-refractivity contribution in [3.8, 4) is 0 Å². The van der Waals surface area contributed by atoms with Gasteiger partial charge >= 0.3 is 6.03 Å². The van der Waals surface area contributed by atoms with Crippen LogP contribution in [-0.2, 0) is 14.3 Å². The van der Waals surface area contributed by atoms with Gasteiger partial charge < -0.3 is 35.6 Å². The molecule has 3 amide bonds. The van der Waals surface area contributed by atoms with Crippen LogP contribution >= 0.6 is 0 Å². The molecular weight excluding hydrogens is 354 g/mol. The lowest BCUT2D eigenvalue weighted by Crippen LogP contribution is -2.41. The molecule has 27 heavy (non-hydrogen) atoms. The van der Waals surface area contributed by atoms with Gasteiger partial charge in [-0.25, -0.2) is 4.79 Å². The molecule has 1 saturated heterocycles. The fourth-order valence-electron chi connectivity index (χ4n) is 2.72. The van der Waals surface area contributed by atoms with Crippen molar-refractivity contribution >= 4 is 17.6 Å².